The molecule has 3 saturated carbocycles. The van der Waals surface area contributed by atoms with Crippen LogP contribution in [0, 0.1) is 40.4 Å². The summed E-state index contributed by atoms with van der Waals surface area (Å²) in [5.41, 5.74) is 0.418. The normalized spacial score (nSPS) is 51.9. The smallest absolute Gasteiger partial charge is 0.306 e. The summed E-state index contributed by atoms with van der Waals surface area (Å²) in [5.74, 6) is -0.803. The number of hydrogen-bond donors (Lipinski definition) is 14. The van der Waals surface area contributed by atoms with Crippen LogP contribution >= 0.6 is 0 Å². The van der Waals surface area contributed by atoms with Gasteiger partial charge in [-0.1, -0.05) is 32.4 Å². The lowest BCUT2D eigenvalue weighted by atomic mass is 9.47. The first-order valence-corrected chi connectivity index (χ1v) is 29.9. The van der Waals surface area contributed by atoms with Crippen LogP contribution in [0.4, 0.5) is 0 Å². The summed E-state index contributed by atoms with van der Waals surface area (Å²) < 4.78 is 65.8. The van der Waals surface area contributed by atoms with Crippen LogP contribution in [0.5, 0.6) is 0 Å². The molecule has 4 unspecified atom stereocenters. The monoisotopic (exact) mass is 1210 g/mol. The lowest BCUT2D eigenvalue weighted by Gasteiger charge is -2.58. The molecule has 14 N–H and O–H groups in total. The van der Waals surface area contributed by atoms with Gasteiger partial charge in [0.25, 0.3) is 0 Å². The Labute approximate surface area is 487 Å². The number of hydrogen-bond acceptors (Lipinski definition) is 27. The summed E-state index contributed by atoms with van der Waals surface area (Å²) >= 11 is 0. The summed E-state index contributed by atoms with van der Waals surface area (Å²) in [7, 11) is 0. The Balaban J connectivity index is 0.851. The van der Waals surface area contributed by atoms with E-state index in [1.54, 1.807) is 6.92 Å². The van der Waals surface area contributed by atoms with Gasteiger partial charge in [-0.2, -0.15) is 0 Å². The van der Waals surface area contributed by atoms with E-state index in [9.17, 15) is 81.1 Å². The van der Waals surface area contributed by atoms with Gasteiger partial charge in [0.15, 0.2) is 31.5 Å². The summed E-state index contributed by atoms with van der Waals surface area (Å²) in [6.07, 6.45) is -32.2. The fraction of sp³-hybridized carbons (Fsp3) is 0.930. The van der Waals surface area contributed by atoms with Crippen LogP contribution in [0.3, 0.4) is 0 Å². The van der Waals surface area contributed by atoms with Crippen molar-refractivity contribution in [1.82, 2.24) is 0 Å². The summed E-state index contributed by atoms with van der Waals surface area (Å²) in [5, 5.41) is 149. The molecule has 5 saturated heterocycles. The molecule has 84 heavy (non-hydrogen) atoms. The van der Waals surface area contributed by atoms with Crippen molar-refractivity contribution in [2.45, 2.75) is 272 Å². The molecule has 5 heterocycles. The lowest BCUT2D eigenvalue weighted by Crippen LogP contribution is -2.67. The second kappa shape index (κ2) is 26.8. The van der Waals surface area contributed by atoms with Crippen LogP contribution < -0.4 is 0 Å². The molecule has 0 aromatic rings. The van der Waals surface area contributed by atoms with E-state index in [-0.39, 0.29) is 47.9 Å². The van der Waals surface area contributed by atoms with E-state index in [0.29, 0.717) is 38.5 Å². The van der Waals surface area contributed by atoms with E-state index in [4.69, 9.17) is 52.1 Å². The molecule has 27 heteroatoms. The fourth-order valence-electron chi connectivity index (χ4n) is 15.4. The van der Waals surface area contributed by atoms with E-state index in [0.717, 1.165) is 18.4 Å². The molecule has 5 aliphatic heterocycles. The largest absolute Gasteiger partial charge is 0.462 e. The summed E-state index contributed by atoms with van der Waals surface area (Å²) in [4.78, 5) is 27.2. The number of rotatable bonds is 18. The highest BCUT2D eigenvalue weighted by molar-refractivity contribution is 5.81. The third-order valence-electron chi connectivity index (χ3n) is 20.4. The molecule has 9 rings (SSSR count). The Hall–Kier alpha value is -2.08. The molecule has 27 nitrogen and oxygen atoms in total. The third-order valence-corrected chi connectivity index (χ3v) is 20.4. The molecular formula is C57H92O27. The van der Waals surface area contributed by atoms with Crippen molar-refractivity contribution in [2.24, 2.45) is 40.4 Å². The quantitative estimate of drug-likeness (QED) is 0.0471. The van der Waals surface area contributed by atoms with E-state index in [1.165, 1.54) is 20.8 Å². The number of allylic oxidation sites excluding steroid dienone is 1. The van der Waals surface area contributed by atoms with Gasteiger partial charge < -0.3 is 124 Å². The first-order valence-electron chi connectivity index (χ1n) is 29.9. The first-order chi connectivity index (χ1) is 39.6. The maximum absolute atomic E-state index is 13.6. The molecular weight excluding hydrogens is 1120 g/mol. The number of ketones is 1. The highest BCUT2D eigenvalue weighted by Crippen LogP contribution is 2.67. The van der Waals surface area contributed by atoms with E-state index in [1.807, 2.05) is 6.92 Å². The van der Waals surface area contributed by atoms with E-state index < -0.39 is 196 Å². The zero-order valence-electron chi connectivity index (χ0n) is 48.6. The zero-order valence-corrected chi connectivity index (χ0v) is 48.6. The minimum Gasteiger partial charge on any atom is -0.462 e. The number of Topliss-reactive ketones (excluding diaryl/α,β-unsaturated/α-hetero) is 1. The predicted molar refractivity (Wildman–Crippen MR) is 282 cm³/mol. The van der Waals surface area contributed by atoms with E-state index >= 15 is 0 Å². The maximum atomic E-state index is 13.6. The Kier molecular flexibility index (Phi) is 21.2. The fourth-order valence-corrected chi connectivity index (χ4v) is 15.4. The number of carbonyl (C=O) groups is 2. The van der Waals surface area contributed by atoms with Crippen molar-refractivity contribution in [3.05, 3.63) is 11.6 Å². The van der Waals surface area contributed by atoms with Gasteiger partial charge in [-0.05, 0) is 114 Å². The van der Waals surface area contributed by atoms with Crippen molar-refractivity contribution in [3.63, 3.8) is 0 Å². The average molecular weight is 1210 g/mol. The molecule has 0 radical (unpaired) electrons. The van der Waals surface area contributed by atoms with Crippen molar-refractivity contribution < 1.29 is 133 Å². The molecule has 34 atom stereocenters. The van der Waals surface area contributed by atoms with Crippen LogP contribution in [0.1, 0.15) is 106 Å². The van der Waals surface area contributed by atoms with Crippen LogP contribution in [0.2, 0.25) is 0 Å². The van der Waals surface area contributed by atoms with Gasteiger partial charge in [-0.15, -0.1) is 0 Å². The van der Waals surface area contributed by atoms with Crippen LogP contribution in [-0.4, -0.2) is 269 Å². The molecule has 0 aromatic heterocycles. The minimum atomic E-state index is -1.90. The van der Waals surface area contributed by atoms with Crippen LogP contribution in [-0.2, 0) is 61.7 Å². The Morgan fingerprint density at radius 1 is 0.595 bits per heavy atom. The number of esters is 1. The van der Waals surface area contributed by atoms with Crippen molar-refractivity contribution in [3.8, 4) is 0 Å². The average Bonchev–Trinajstić information content (AvgIpc) is 1.86. The number of aliphatic hydroxyl groups is 14. The molecule has 8 fully saturated rings. The zero-order chi connectivity index (χ0) is 61.2. The summed E-state index contributed by atoms with van der Waals surface area (Å²) in [6, 6.07) is 0. The SMILES string of the molecule is CC(=O)[C@H]1C(OC(=O)CC[C@@H](C)CO[C@@H]2O[C@H](CO)[C@@H](O)[C@H](O)[C@H]2O)CC2C3CC=C4C[C@@H](O[C@@H]5O[C@H](CO)[C@@H](O[C@@H]6O[C@@H](C)[C@H](O[C@@H]7O[C@@H](C)[C@H](O)[C@@H](O)[C@H]7O)[C@@H](O)[C@H]6O)[C@H](O)[C@H]5O[C@@H]5O[C@@H](C)[C@H](O)[C@@H](O)[C@H]5O)CC[C@]4(C)C3CC[C@@]21C. The second-order valence-corrected chi connectivity index (χ2v) is 25.9. The molecule has 4 aliphatic carbocycles. The summed E-state index contributed by atoms with van der Waals surface area (Å²) in [6.45, 7) is 10.8. The standard InChI is InChI=1S/C57H92O27/c1-21(20-74-51-43(69)41(67)38(64)32(18-58)80-51)8-11-34(61)79-31-17-30-28-10-9-26-16-27(12-14-56(26,6)29(28)13-15-57(30,7)35(31)22(2)60)78-55-50(84-53-45(71)40(66)37(63)24(4)76-53)47(73)49(33(19-59)81-55)83-54-46(72)42(68)48(25(5)77-54)82-52-44(70)39(65)36(62)23(3)75-52/h9,21,23-25,27-33,35-55,58-59,62-73H,8,10-20H2,1-7H3/t21-,23+,24+,25+,27+,28?,29?,30?,31?,32-,33-,35+,36+,37+,38-,39-,40-,41+,42+,43-,44-,45-,46-,47+,48+,49-,50-,51-,52+,53+,54+,55-,56+,57+/m1/s1. The molecule has 482 valence electrons. The van der Waals surface area contributed by atoms with Crippen molar-refractivity contribution >= 4 is 11.8 Å². The Morgan fingerprint density at radius 2 is 1.14 bits per heavy atom. The Morgan fingerprint density at radius 3 is 1.75 bits per heavy atom. The van der Waals surface area contributed by atoms with E-state index in [2.05, 4.69) is 19.9 Å². The second-order valence-electron chi connectivity index (χ2n) is 25.9. The third kappa shape index (κ3) is 12.8. The first kappa shape index (κ1) is 66.3. The predicted octanol–water partition coefficient (Wildman–Crippen LogP) is -3.35. The van der Waals surface area contributed by atoms with Gasteiger partial charge >= 0.3 is 5.97 Å². The van der Waals surface area contributed by atoms with Crippen molar-refractivity contribution in [2.75, 3.05) is 19.8 Å². The number of fused-ring (bicyclic) bond motifs is 5. The lowest BCUT2D eigenvalue weighted by molar-refractivity contribution is -0.394. The molecule has 0 amide bonds. The Bertz CT molecular complexity index is 2250. The number of carbonyl (C=O) groups excluding carboxylic acids is 2. The molecule has 0 spiro atoms. The maximum Gasteiger partial charge on any atom is 0.306 e. The van der Waals surface area contributed by atoms with Gasteiger partial charge in [-0.25, -0.2) is 0 Å². The highest BCUT2D eigenvalue weighted by Gasteiger charge is 2.64. The molecule has 9 aliphatic rings. The van der Waals surface area contributed by atoms with Gasteiger partial charge in [0.2, 0.25) is 0 Å². The van der Waals surface area contributed by atoms with Gasteiger partial charge in [0.05, 0.1) is 50.2 Å². The van der Waals surface area contributed by atoms with Crippen LogP contribution in [0.25, 0.3) is 0 Å². The minimum absolute atomic E-state index is 0.0315. The van der Waals surface area contributed by atoms with Gasteiger partial charge in [0, 0.05) is 6.42 Å². The highest BCUT2D eigenvalue weighted by atomic mass is 16.8. The molecule has 0 aromatic carbocycles. The number of aliphatic hydroxyl groups excluding tert-OH is 14. The van der Waals surface area contributed by atoms with Gasteiger partial charge in [0.1, 0.15) is 116 Å². The van der Waals surface area contributed by atoms with Crippen LogP contribution in [0.15, 0.2) is 11.6 Å². The topological polar surface area (TPSA) is 419 Å². The molecule has 0 bridgehead atoms. The van der Waals surface area contributed by atoms with Crippen molar-refractivity contribution in [1.29, 1.82) is 0 Å². The number of ether oxygens (including phenoxy) is 11. The van der Waals surface area contributed by atoms with Gasteiger partial charge in [-0.3, -0.25) is 9.59 Å².